The molecule has 0 saturated carbocycles. The van der Waals surface area contributed by atoms with Gasteiger partial charge in [0.2, 0.25) is 11.0 Å². The van der Waals surface area contributed by atoms with Gasteiger partial charge in [-0.15, -0.1) is 10.2 Å². The maximum atomic E-state index is 11.9. The molecular formula is C20H19N3O2S. The molecule has 0 unspecified atom stereocenters. The topological polar surface area (TPSA) is 64.1 Å². The summed E-state index contributed by atoms with van der Waals surface area (Å²) in [5.41, 5.74) is 2.04. The molecule has 132 valence electrons. The van der Waals surface area contributed by atoms with E-state index >= 15 is 0 Å². The smallest absolute Gasteiger partial charge is 0.250 e. The zero-order valence-electron chi connectivity index (χ0n) is 14.4. The van der Waals surface area contributed by atoms with Crippen molar-refractivity contribution in [2.24, 2.45) is 0 Å². The van der Waals surface area contributed by atoms with E-state index in [9.17, 15) is 4.79 Å². The lowest BCUT2D eigenvalue weighted by molar-refractivity contribution is -0.111. The molecular weight excluding hydrogens is 346 g/mol. The van der Waals surface area contributed by atoms with Crippen molar-refractivity contribution < 1.29 is 9.53 Å². The number of rotatable bonds is 7. The SMILES string of the molecule is CCc1nnc(NC(=O)/C=C/c2ccc(OCc3ccccc3)cc2)s1. The van der Waals surface area contributed by atoms with Crippen LogP contribution in [0.4, 0.5) is 5.13 Å². The molecule has 0 saturated heterocycles. The van der Waals surface area contributed by atoms with Gasteiger partial charge in [-0.25, -0.2) is 0 Å². The average molecular weight is 365 g/mol. The molecule has 3 aromatic rings. The lowest BCUT2D eigenvalue weighted by atomic mass is 10.2. The minimum Gasteiger partial charge on any atom is -0.489 e. The van der Waals surface area contributed by atoms with Crippen LogP contribution in [0.15, 0.2) is 60.7 Å². The van der Waals surface area contributed by atoms with Gasteiger partial charge in [0.1, 0.15) is 17.4 Å². The van der Waals surface area contributed by atoms with Crippen LogP contribution in [0, 0.1) is 0 Å². The summed E-state index contributed by atoms with van der Waals surface area (Å²) < 4.78 is 5.75. The molecule has 0 aliphatic heterocycles. The van der Waals surface area contributed by atoms with E-state index < -0.39 is 0 Å². The minimum atomic E-state index is -0.229. The summed E-state index contributed by atoms with van der Waals surface area (Å²) in [6.07, 6.45) is 4.03. The molecule has 0 bridgehead atoms. The number of aryl methyl sites for hydroxylation is 1. The molecule has 0 aliphatic carbocycles. The third kappa shape index (κ3) is 5.26. The molecule has 0 atom stereocenters. The minimum absolute atomic E-state index is 0.229. The number of aromatic nitrogens is 2. The Morgan fingerprint density at radius 2 is 1.88 bits per heavy atom. The first-order valence-corrected chi connectivity index (χ1v) is 9.13. The summed E-state index contributed by atoms with van der Waals surface area (Å²) in [6.45, 7) is 2.53. The predicted molar refractivity (Wildman–Crippen MR) is 104 cm³/mol. The summed E-state index contributed by atoms with van der Waals surface area (Å²) in [6, 6.07) is 17.6. The second-order valence-corrected chi connectivity index (χ2v) is 6.58. The fourth-order valence-corrected chi connectivity index (χ4v) is 2.86. The van der Waals surface area contributed by atoms with Crippen molar-refractivity contribution in [2.45, 2.75) is 20.0 Å². The zero-order chi connectivity index (χ0) is 18.2. The summed E-state index contributed by atoms with van der Waals surface area (Å²) in [5.74, 6) is 0.560. The van der Waals surface area contributed by atoms with Crippen molar-refractivity contribution in [1.82, 2.24) is 10.2 Å². The van der Waals surface area contributed by atoms with Crippen LogP contribution in [0.3, 0.4) is 0 Å². The van der Waals surface area contributed by atoms with Crippen LogP contribution in [-0.4, -0.2) is 16.1 Å². The van der Waals surface area contributed by atoms with E-state index in [1.54, 1.807) is 6.08 Å². The summed E-state index contributed by atoms with van der Waals surface area (Å²) in [5, 5.41) is 12.0. The van der Waals surface area contributed by atoms with E-state index in [2.05, 4.69) is 15.5 Å². The third-order valence-electron chi connectivity index (χ3n) is 3.56. The third-order valence-corrected chi connectivity index (χ3v) is 4.54. The lowest BCUT2D eigenvalue weighted by Crippen LogP contribution is -2.07. The van der Waals surface area contributed by atoms with Crippen molar-refractivity contribution >= 4 is 28.5 Å². The molecule has 26 heavy (non-hydrogen) atoms. The first-order valence-electron chi connectivity index (χ1n) is 8.31. The van der Waals surface area contributed by atoms with E-state index in [1.807, 2.05) is 61.5 Å². The van der Waals surface area contributed by atoms with Gasteiger partial charge in [-0.05, 0) is 35.8 Å². The van der Waals surface area contributed by atoms with Gasteiger partial charge in [-0.3, -0.25) is 10.1 Å². The highest BCUT2D eigenvalue weighted by Crippen LogP contribution is 2.17. The zero-order valence-corrected chi connectivity index (χ0v) is 15.2. The summed E-state index contributed by atoms with van der Waals surface area (Å²) >= 11 is 1.38. The molecule has 2 aromatic carbocycles. The van der Waals surface area contributed by atoms with Crippen LogP contribution >= 0.6 is 11.3 Å². The Morgan fingerprint density at radius 3 is 2.58 bits per heavy atom. The van der Waals surface area contributed by atoms with Crippen LogP contribution in [0.2, 0.25) is 0 Å². The number of hydrogen-bond acceptors (Lipinski definition) is 5. The number of benzene rings is 2. The van der Waals surface area contributed by atoms with Gasteiger partial charge in [0.05, 0.1) is 0 Å². The summed E-state index contributed by atoms with van der Waals surface area (Å²) in [7, 11) is 0. The van der Waals surface area contributed by atoms with Crippen LogP contribution in [0.1, 0.15) is 23.1 Å². The second kappa shape index (κ2) is 8.92. The van der Waals surface area contributed by atoms with Gasteiger partial charge in [-0.1, -0.05) is 60.7 Å². The fraction of sp³-hybridized carbons (Fsp3) is 0.150. The van der Waals surface area contributed by atoms with Crippen LogP contribution < -0.4 is 10.1 Å². The Kier molecular flexibility index (Phi) is 6.11. The second-order valence-electron chi connectivity index (χ2n) is 5.52. The molecule has 1 N–H and O–H groups in total. The highest BCUT2D eigenvalue weighted by molar-refractivity contribution is 7.15. The molecule has 1 aromatic heterocycles. The molecule has 1 amide bonds. The number of ether oxygens (including phenoxy) is 1. The molecule has 5 nitrogen and oxygen atoms in total. The van der Waals surface area contributed by atoms with E-state index in [0.717, 1.165) is 28.3 Å². The Hall–Kier alpha value is -2.99. The standard InChI is InChI=1S/C20H19N3O2S/c1-2-19-22-23-20(26-19)21-18(24)13-10-15-8-11-17(12-9-15)25-14-16-6-4-3-5-7-16/h3-13H,2,14H2,1H3,(H,21,23,24)/b13-10+. The van der Waals surface area contributed by atoms with E-state index in [-0.39, 0.29) is 5.91 Å². The highest BCUT2D eigenvalue weighted by atomic mass is 32.1. The number of carbonyl (C=O) groups excluding carboxylic acids is 1. The number of amides is 1. The molecule has 0 aliphatic rings. The average Bonchev–Trinajstić information content (AvgIpc) is 3.14. The number of carbonyl (C=O) groups is 1. The van der Waals surface area contributed by atoms with Crippen molar-refractivity contribution in [3.63, 3.8) is 0 Å². The van der Waals surface area contributed by atoms with Crippen molar-refractivity contribution in [3.05, 3.63) is 76.8 Å². The van der Waals surface area contributed by atoms with Crippen LogP contribution in [0.5, 0.6) is 5.75 Å². The highest BCUT2D eigenvalue weighted by Gasteiger charge is 2.04. The number of hydrogen-bond donors (Lipinski definition) is 1. The van der Waals surface area contributed by atoms with Gasteiger partial charge in [0, 0.05) is 6.08 Å². The van der Waals surface area contributed by atoms with E-state index in [1.165, 1.54) is 17.4 Å². The molecule has 0 fully saturated rings. The van der Waals surface area contributed by atoms with Crippen LogP contribution in [0.25, 0.3) is 6.08 Å². The largest absolute Gasteiger partial charge is 0.489 e. The Morgan fingerprint density at radius 1 is 1.12 bits per heavy atom. The molecule has 0 radical (unpaired) electrons. The fourth-order valence-electron chi connectivity index (χ4n) is 2.18. The van der Waals surface area contributed by atoms with Crippen molar-refractivity contribution in [3.8, 4) is 5.75 Å². The van der Waals surface area contributed by atoms with Gasteiger partial charge >= 0.3 is 0 Å². The van der Waals surface area contributed by atoms with E-state index in [4.69, 9.17) is 4.74 Å². The first kappa shape index (κ1) is 17.8. The number of nitrogens with one attached hydrogen (secondary N) is 1. The van der Waals surface area contributed by atoms with Gasteiger partial charge < -0.3 is 4.74 Å². The molecule has 0 spiro atoms. The Balaban J connectivity index is 1.51. The monoisotopic (exact) mass is 365 g/mol. The first-order chi connectivity index (χ1) is 12.7. The number of nitrogens with zero attached hydrogens (tertiary/aromatic N) is 2. The Labute approximate surface area is 156 Å². The lowest BCUT2D eigenvalue weighted by Gasteiger charge is -2.06. The predicted octanol–water partition coefficient (Wildman–Crippen LogP) is 4.33. The van der Waals surface area contributed by atoms with E-state index in [0.29, 0.717) is 11.7 Å². The molecule has 3 rings (SSSR count). The van der Waals surface area contributed by atoms with Gasteiger partial charge in [-0.2, -0.15) is 0 Å². The van der Waals surface area contributed by atoms with Gasteiger partial charge in [0.15, 0.2) is 0 Å². The molecule has 1 heterocycles. The maximum Gasteiger partial charge on any atom is 0.250 e. The van der Waals surface area contributed by atoms with Crippen LogP contribution in [-0.2, 0) is 17.8 Å². The van der Waals surface area contributed by atoms with Gasteiger partial charge in [0.25, 0.3) is 0 Å². The summed E-state index contributed by atoms with van der Waals surface area (Å²) in [4.78, 5) is 11.9. The normalized spacial score (nSPS) is 10.8. The van der Waals surface area contributed by atoms with Crippen molar-refractivity contribution in [2.75, 3.05) is 5.32 Å². The quantitative estimate of drug-likeness (QED) is 0.633. The Bertz CT molecular complexity index is 874. The maximum absolute atomic E-state index is 11.9. The number of anilines is 1. The van der Waals surface area contributed by atoms with Crippen molar-refractivity contribution in [1.29, 1.82) is 0 Å². The molecule has 6 heteroatoms.